The number of para-hydroxylation sites is 1. The second-order valence-electron chi connectivity index (χ2n) is 3.13. The largest absolute Gasteiger partial charge is 0.460 e. The topological polar surface area (TPSA) is 55.4 Å². The minimum absolute atomic E-state index is 0.0598. The second kappa shape index (κ2) is 7.14. The van der Waals surface area contributed by atoms with Gasteiger partial charge in [0.05, 0.1) is 0 Å². The number of nitrogens with one attached hydrogen (secondary N) is 1. The van der Waals surface area contributed by atoms with E-state index >= 15 is 0 Å². The van der Waals surface area contributed by atoms with E-state index in [9.17, 15) is 9.59 Å². The molecular weight excluding hydrogens is 265 g/mol. The van der Waals surface area contributed by atoms with Crippen molar-refractivity contribution < 1.29 is 14.3 Å². The first-order valence-electron chi connectivity index (χ1n) is 4.82. The van der Waals surface area contributed by atoms with Crippen LogP contribution in [0.2, 0.25) is 0 Å². The van der Waals surface area contributed by atoms with Gasteiger partial charge in [0, 0.05) is 11.3 Å². The average molecular weight is 276 g/mol. The number of anilines is 1. The SMILES string of the molecule is O=C(CCl)Nc1ccccc1COC(=O)CCl. The van der Waals surface area contributed by atoms with Crippen molar-refractivity contribution in [3.63, 3.8) is 0 Å². The summed E-state index contributed by atoms with van der Waals surface area (Å²) in [6.07, 6.45) is 0. The predicted molar refractivity (Wildman–Crippen MR) is 66.3 cm³/mol. The van der Waals surface area contributed by atoms with Gasteiger partial charge in [-0.2, -0.15) is 0 Å². The fourth-order valence-corrected chi connectivity index (χ4v) is 1.29. The van der Waals surface area contributed by atoms with Crippen molar-refractivity contribution in [3.8, 4) is 0 Å². The van der Waals surface area contributed by atoms with Crippen LogP contribution >= 0.6 is 23.2 Å². The average Bonchev–Trinajstić information content (AvgIpc) is 2.37. The highest BCUT2D eigenvalue weighted by atomic mass is 35.5. The molecule has 1 rings (SSSR count). The third-order valence-electron chi connectivity index (χ3n) is 1.91. The van der Waals surface area contributed by atoms with Crippen LogP contribution in [0.15, 0.2) is 24.3 Å². The Morgan fingerprint density at radius 2 is 1.88 bits per heavy atom. The summed E-state index contributed by atoms with van der Waals surface area (Å²) in [6.45, 7) is 0.0598. The normalized spacial score (nSPS) is 9.76. The third kappa shape index (κ3) is 4.63. The summed E-state index contributed by atoms with van der Waals surface area (Å²) in [7, 11) is 0. The Hall–Kier alpha value is -1.26. The van der Waals surface area contributed by atoms with Crippen molar-refractivity contribution in [1.82, 2.24) is 0 Å². The van der Waals surface area contributed by atoms with Crippen LogP contribution in [0.25, 0.3) is 0 Å². The molecule has 4 nitrogen and oxygen atoms in total. The van der Waals surface area contributed by atoms with Crippen molar-refractivity contribution in [2.24, 2.45) is 0 Å². The summed E-state index contributed by atoms with van der Waals surface area (Å²) in [6, 6.07) is 6.98. The number of esters is 1. The molecule has 0 aliphatic rings. The summed E-state index contributed by atoms with van der Waals surface area (Å²) in [5, 5.41) is 2.61. The number of amides is 1. The minimum Gasteiger partial charge on any atom is -0.460 e. The number of carbonyl (C=O) groups is 2. The molecule has 0 fully saturated rings. The minimum atomic E-state index is -0.509. The Kier molecular flexibility index (Phi) is 5.80. The molecule has 92 valence electrons. The molecule has 0 aliphatic heterocycles. The molecule has 1 aromatic carbocycles. The molecule has 0 spiro atoms. The molecular formula is C11H11Cl2NO3. The van der Waals surface area contributed by atoms with Gasteiger partial charge in [-0.05, 0) is 6.07 Å². The molecule has 0 aliphatic carbocycles. The molecule has 17 heavy (non-hydrogen) atoms. The first-order chi connectivity index (χ1) is 8.17. The summed E-state index contributed by atoms with van der Waals surface area (Å²) in [5.74, 6) is -1.15. The van der Waals surface area contributed by atoms with Gasteiger partial charge in [0.15, 0.2) is 0 Å². The van der Waals surface area contributed by atoms with Gasteiger partial charge in [-0.3, -0.25) is 9.59 Å². The van der Waals surface area contributed by atoms with Crippen molar-refractivity contribution in [2.45, 2.75) is 6.61 Å². The number of rotatable bonds is 5. The molecule has 0 saturated heterocycles. The van der Waals surface area contributed by atoms with E-state index in [4.69, 9.17) is 27.9 Å². The Morgan fingerprint density at radius 3 is 2.53 bits per heavy atom. The van der Waals surface area contributed by atoms with Crippen molar-refractivity contribution in [3.05, 3.63) is 29.8 Å². The lowest BCUT2D eigenvalue weighted by molar-refractivity contribution is -0.141. The number of hydrogen-bond acceptors (Lipinski definition) is 3. The van der Waals surface area contributed by atoms with E-state index in [1.165, 1.54) is 0 Å². The second-order valence-corrected chi connectivity index (χ2v) is 3.67. The summed E-state index contributed by atoms with van der Waals surface area (Å²) < 4.78 is 4.88. The van der Waals surface area contributed by atoms with Crippen LogP contribution in [0.3, 0.4) is 0 Å². The first-order valence-corrected chi connectivity index (χ1v) is 5.89. The molecule has 0 unspecified atom stereocenters. The van der Waals surface area contributed by atoms with E-state index in [2.05, 4.69) is 5.32 Å². The lowest BCUT2D eigenvalue weighted by Gasteiger charge is -2.10. The number of hydrogen-bond donors (Lipinski definition) is 1. The van der Waals surface area contributed by atoms with Gasteiger partial charge in [-0.25, -0.2) is 0 Å². The molecule has 1 aromatic rings. The molecule has 1 amide bonds. The van der Waals surface area contributed by atoms with E-state index in [1.54, 1.807) is 24.3 Å². The number of halogens is 2. The highest BCUT2D eigenvalue weighted by Gasteiger charge is 2.07. The van der Waals surface area contributed by atoms with Crippen molar-refractivity contribution in [1.29, 1.82) is 0 Å². The van der Waals surface area contributed by atoms with Gasteiger partial charge in [0.2, 0.25) is 5.91 Å². The van der Waals surface area contributed by atoms with Gasteiger partial charge in [-0.1, -0.05) is 18.2 Å². The maximum Gasteiger partial charge on any atom is 0.321 e. The Balaban J connectivity index is 2.70. The lowest BCUT2D eigenvalue weighted by Crippen LogP contribution is -2.15. The molecule has 0 saturated carbocycles. The lowest BCUT2D eigenvalue weighted by atomic mass is 10.2. The van der Waals surface area contributed by atoms with Crippen molar-refractivity contribution in [2.75, 3.05) is 17.1 Å². The zero-order valence-corrected chi connectivity index (χ0v) is 10.4. The van der Waals surface area contributed by atoms with Crippen LogP contribution < -0.4 is 5.32 Å². The molecule has 0 bridgehead atoms. The molecule has 0 heterocycles. The maximum absolute atomic E-state index is 11.2. The Labute approximate surface area is 109 Å². The molecule has 0 aromatic heterocycles. The van der Waals surface area contributed by atoms with Gasteiger partial charge in [-0.15, -0.1) is 23.2 Å². The first kappa shape index (κ1) is 13.8. The monoisotopic (exact) mass is 275 g/mol. The van der Waals surface area contributed by atoms with E-state index in [0.29, 0.717) is 11.3 Å². The highest BCUT2D eigenvalue weighted by Crippen LogP contribution is 2.16. The predicted octanol–water partition coefficient (Wildman–Crippen LogP) is 2.15. The Morgan fingerprint density at radius 1 is 1.18 bits per heavy atom. The van der Waals surface area contributed by atoms with Crippen LogP contribution in [0.4, 0.5) is 5.69 Å². The fourth-order valence-electron chi connectivity index (χ4n) is 1.15. The van der Waals surface area contributed by atoms with E-state index in [1.807, 2.05) is 0 Å². The highest BCUT2D eigenvalue weighted by molar-refractivity contribution is 6.29. The summed E-state index contributed by atoms with van der Waals surface area (Å²) >= 11 is 10.7. The van der Waals surface area contributed by atoms with Crippen LogP contribution in [-0.4, -0.2) is 23.6 Å². The van der Waals surface area contributed by atoms with Crippen LogP contribution in [0.1, 0.15) is 5.56 Å². The summed E-state index contributed by atoms with van der Waals surface area (Å²) in [4.78, 5) is 22.1. The zero-order valence-electron chi connectivity index (χ0n) is 8.91. The fraction of sp³-hybridized carbons (Fsp3) is 0.273. The number of alkyl halides is 2. The molecule has 0 radical (unpaired) electrons. The van der Waals surface area contributed by atoms with Gasteiger partial charge >= 0.3 is 5.97 Å². The van der Waals surface area contributed by atoms with Crippen LogP contribution in [0, 0.1) is 0 Å². The number of carbonyl (C=O) groups excluding carboxylic acids is 2. The standard InChI is InChI=1S/C11H11Cl2NO3/c12-5-10(15)14-9-4-2-1-3-8(9)7-17-11(16)6-13/h1-4H,5-7H2,(H,14,15). The Bertz CT molecular complexity index is 409. The maximum atomic E-state index is 11.2. The van der Waals surface area contributed by atoms with Crippen LogP contribution in [-0.2, 0) is 20.9 Å². The third-order valence-corrected chi connectivity index (χ3v) is 2.37. The van der Waals surface area contributed by atoms with Gasteiger partial charge < -0.3 is 10.1 Å². The quantitative estimate of drug-likeness (QED) is 0.662. The van der Waals surface area contributed by atoms with E-state index in [-0.39, 0.29) is 24.3 Å². The van der Waals surface area contributed by atoms with Gasteiger partial charge in [0.25, 0.3) is 0 Å². The van der Waals surface area contributed by atoms with Crippen molar-refractivity contribution >= 4 is 40.8 Å². The summed E-state index contributed by atoms with van der Waals surface area (Å²) in [5.41, 5.74) is 1.25. The smallest absolute Gasteiger partial charge is 0.321 e. The number of ether oxygens (including phenoxy) is 1. The van der Waals surface area contributed by atoms with E-state index in [0.717, 1.165) is 0 Å². The molecule has 1 N–H and O–H groups in total. The van der Waals surface area contributed by atoms with Gasteiger partial charge in [0.1, 0.15) is 18.4 Å². The zero-order chi connectivity index (χ0) is 12.7. The number of benzene rings is 1. The van der Waals surface area contributed by atoms with E-state index < -0.39 is 5.97 Å². The van der Waals surface area contributed by atoms with Crippen LogP contribution in [0.5, 0.6) is 0 Å². The molecule has 6 heteroatoms. The molecule has 0 atom stereocenters.